The van der Waals surface area contributed by atoms with E-state index in [1.165, 1.54) is 4.68 Å². The number of benzene rings is 2. The minimum absolute atomic E-state index is 0.0867. The Kier molecular flexibility index (Phi) is 4.99. The molecule has 1 fully saturated rings. The molecule has 1 saturated heterocycles. The highest BCUT2D eigenvalue weighted by Gasteiger charge is 2.28. The summed E-state index contributed by atoms with van der Waals surface area (Å²) in [5.74, 6) is 0.847. The topological polar surface area (TPSA) is 55.2 Å². The van der Waals surface area contributed by atoms with Crippen LogP contribution in [0.2, 0.25) is 0 Å². The summed E-state index contributed by atoms with van der Waals surface area (Å²) in [5.41, 5.74) is 1.18. The van der Waals surface area contributed by atoms with Gasteiger partial charge in [-0.05, 0) is 29.9 Å². The predicted octanol–water partition coefficient (Wildman–Crippen LogP) is 3.56. The van der Waals surface area contributed by atoms with E-state index in [4.69, 9.17) is 0 Å². The van der Waals surface area contributed by atoms with Gasteiger partial charge in [0.25, 0.3) is 11.5 Å². The Morgan fingerprint density at radius 1 is 0.964 bits per heavy atom. The zero-order valence-electron chi connectivity index (χ0n) is 16.3. The molecule has 0 saturated carbocycles. The molecule has 0 radical (unpaired) electrons. The van der Waals surface area contributed by atoms with Gasteiger partial charge in [-0.2, -0.15) is 5.10 Å². The Morgan fingerprint density at radius 2 is 1.57 bits per heavy atom. The lowest BCUT2D eigenvalue weighted by Crippen LogP contribution is -2.43. The van der Waals surface area contributed by atoms with Crippen molar-refractivity contribution in [1.82, 2.24) is 14.7 Å². The first-order valence-electron chi connectivity index (χ1n) is 9.86. The van der Waals surface area contributed by atoms with Gasteiger partial charge in [0.1, 0.15) is 0 Å². The zero-order chi connectivity index (χ0) is 19.7. The van der Waals surface area contributed by atoms with Crippen molar-refractivity contribution in [3.05, 3.63) is 76.2 Å². The van der Waals surface area contributed by atoms with Crippen LogP contribution in [0.1, 0.15) is 36.3 Å². The molecule has 2 heterocycles. The Labute approximate surface area is 164 Å². The molecule has 2 atom stereocenters. The molecule has 0 N–H and O–H groups in total. The molecule has 4 rings (SSSR count). The number of nitrogens with zero attached hydrogens (tertiary/aromatic N) is 3. The van der Waals surface area contributed by atoms with Crippen molar-refractivity contribution in [2.24, 2.45) is 11.8 Å². The number of carbonyl (C=O) groups is 1. The fourth-order valence-electron chi connectivity index (χ4n) is 4.24. The van der Waals surface area contributed by atoms with Crippen molar-refractivity contribution in [1.29, 1.82) is 0 Å². The van der Waals surface area contributed by atoms with Gasteiger partial charge < -0.3 is 4.90 Å². The number of rotatable bonds is 3. The van der Waals surface area contributed by atoms with Crippen LogP contribution in [0.4, 0.5) is 0 Å². The van der Waals surface area contributed by atoms with Crippen molar-refractivity contribution in [2.45, 2.75) is 26.8 Å². The first-order chi connectivity index (χ1) is 13.5. The molecule has 1 aliphatic rings. The first kappa shape index (κ1) is 18.4. The van der Waals surface area contributed by atoms with Gasteiger partial charge in [-0.3, -0.25) is 9.59 Å². The Hall–Kier alpha value is -2.95. The summed E-state index contributed by atoms with van der Waals surface area (Å²) in [6.45, 7) is 6.17. The molecular formula is C23H25N3O2. The van der Waals surface area contributed by atoms with Gasteiger partial charge >= 0.3 is 0 Å². The smallest absolute Gasteiger partial charge is 0.274 e. The highest BCUT2D eigenvalue weighted by atomic mass is 16.2. The number of piperidine rings is 1. The van der Waals surface area contributed by atoms with Gasteiger partial charge in [-0.25, -0.2) is 4.68 Å². The van der Waals surface area contributed by atoms with E-state index in [9.17, 15) is 9.59 Å². The number of likely N-dealkylation sites (tertiary alicyclic amines) is 1. The van der Waals surface area contributed by atoms with E-state index in [2.05, 4.69) is 18.9 Å². The minimum Gasteiger partial charge on any atom is -0.337 e. The average Bonchev–Trinajstić information content (AvgIpc) is 2.70. The summed E-state index contributed by atoms with van der Waals surface area (Å²) in [7, 11) is 0. The van der Waals surface area contributed by atoms with E-state index >= 15 is 0 Å². The van der Waals surface area contributed by atoms with E-state index < -0.39 is 0 Å². The van der Waals surface area contributed by atoms with Crippen molar-refractivity contribution < 1.29 is 4.79 Å². The first-order valence-corrected chi connectivity index (χ1v) is 9.86. The van der Waals surface area contributed by atoms with Crippen LogP contribution < -0.4 is 5.56 Å². The van der Waals surface area contributed by atoms with Crippen LogP contribution in [0.15, 0.2) is 59.4 Å². The van der Waals surface area contributed by atoms with E-state index in [1.807, 2.05) is 53.4 Å². The van der Waals surface area contributed by atoms with E-state index in [-0.39, 0.29) is 11.5 Å². The maximum Gasteiger partial charge on any atom is 0.274 e. The molecule has 0 bridgehead atoms. The fourth-order valence-corrected chi connectivity index (χ4v) is 4.24. The summed E-state index contributed by atoms with van der Waals surface area (Å²) in [4.78, 5) is 28.2. The summed E-state index contributed by atoms with van der Waals surface area (Å²) in [6.07, 6.45) is 1.13. The molecule has 0 unspecified atom stereocenters. The van der Waals surface area contributed by atoms with Crippen molar-refractivity contribution in [3.8, 4) is 0 Å². The normalized spacial score (nSPS) is 19.7. The zero-order valence-corrected chi connectivity index (χ0v) is 16.3. The number of carbonyl (C=O) groups excluding carboxylic acids is 1. The van der Waals surface area contributed by atoms with Crippen LogP contribution in [0.3, 0.4) is 0 Å². The van der Waals surface area contributed by atoms with Crippen LogP contribution in [0, 0.1) is 11.8 Å². The maximum atomic E-state index is 13.4. The largest absolute Gasteiger partial charge is 0.337 e. The van der Waals surface area contributed by atoms with Crippen LogP contribution in [-0.4, -0.2) is 33.7 Å². The summed E-state index contributed by atoms with van der Waals surface area (Å²) in [6, 6.07) is 17.0. The van der Waals surface area contributed by atoms with Gasteiger partial charge in [0.15, 0.2) is 5.69 Å². The standard InChI is InChI=1S/C23H25N3O2/c1-16-12-17(2)14-25(13-16)23(28)21-19-10-6-7-11-20(19)22(27)26(24-21)15-18-8-4-3-5-9-18/h3-11,16-17H,12-15H2,1-2H3/t16-,17-/m1/s1. The van der Waals surface area contributed by atoms with Crippen molar-refractivity contribution >= 4 is 16.7 Å². The highest BCUT2D eigenvalue weighted by Crippen LogP contribution is 2.24. The molecule has 3 aromatic rings. The van der Waals surface area contributed by atoms with E-state index in [0.717, 1.165) is 25.1 Å². The average molecular weight is 375 g/mol. The van der Waals surface area contributed by atoms with E-state index in [1.54, 1.807) is 6.07 Å². The third kappa shape index (κ3) is 3.57. The number of hydrogen-bond donors (Lipinski definition) is 0. The minimum atomic E-state index is -0.170. The number of fused-ring (bicyclic) bond motifs is 1. The lowest BCUT2D eigenvalue weighted by Gasteiger charge is -2.35. The number of amides is 1. The van der Waals surface area contributed by atoms with Crippen LogP contribution in [0.25, 0.3) is 10.8 Å². The molecule has 1 amide bonds. The Balaban J connectivity index is 1.80. The van der Waals surface area contributed by atoms with E-state index in [0.29, 0.717) is 34.8 Å². The quantitative estimate of drug-likeness (QED) is 0.703. The summed E-state index contributed by atoms with van der Waals surface area (Å²) >= 11 is 0. The monoisotopic (exact) mass is 375 g/mol. The molecule has 28 heavy (non-hydrogen) atoms. The van der Waals surface area contributed by atoms with Crippen molar-refractivity contribution in [3.63, 3.8) is 0 Å². The molecule has 1 aliphatic heterocycles. The van der Waals surface area contributed by atoms with Gasteiger partial charge in [0.2, 0.25) is 0 Å². The van der Waals surface area contributed by atoms with Gasteiger partial charge in [0.05, 0.1) is 11.9 Å². The second-order valence-electron chi connectivity index (χ2n) is 8.00. The van der Waals surface area contributed by atoms with Gasteiger partial charge in [0, 0.05) is 18.5 Å². The molecule has 5 nitrogen and oxygen atoms in total. The molecular weight excluding hydrogens is 350 g/mol. The highest BCUT2D eigenvalue weighted by molar-refractivity contribution is 6.04. The second kappa shape index (κ2) is 7.58. The third-order valence-corrected chi connectivity index (χ3v) is 5.40. The molecule has 1 aromatic heterocycles. The lowest BCUT2D eigenvalue weighted by molar-refractivity contribution is 0.0617. The van der Waals surface area contributed by atoms with Gasteiger partial charge in [-0.15, -0.1) is 0 Å². The van der Waals surface area contributed by atoms with Crippen molar-refractivity contribution in [2.75, 3.05) is 13.1 Å². The number of hydrogen-bond acceptors (Lipinski definition) is 3. The Morgan fingerprint density at radius 3 is 2.25 bits per heavy atom. The fraction of sp³-hybridized carbons (Fsp3) is 0.348. The predicted molar refractivity (Wildman–Crippen MR) is 110 cm³/mol. The van der Waals surface area contributed by atoms with Crippen LogP contribution in [0.5, 0.6) is 0 Å². The summed E-state index contributed by atoms with van der Waals surface area (Å²) < 4.78 is 1.42. The molecule has 5 heteroatoms. The van der Waals surface area contributed by atoms with Crippen LogP contribution >= 0.6 is 0 Å². The Bertz CT molecular complexity index is 1050. The SMILES string of the molecule is C[C@@H]1C[C@@H](C)CN(C(=O)c2nn(Cc3ccccc3)c(=O)c3ccccc23)C1. The maximum absolute atomic E-state index is 13.4. The molecule has 0 aliphatic carbocycles. The molecule has 2 aromatic carbocycles. The lowest BCUT2D eigenvalue weighted by atomic mass is 9.91. The summed E-state index contributed by atoms with van der Waals surface area (Å²) in [5, 5.41) is 5.70. The second-order valence-corrected chi connectivity index (χ2v) is 8.00. The number of aromatic nitrogens is 2. The third-order valence-electron chi connectivity index (χ3n) is 5.40. The van der Waals surface area contributed by atoms with Crippen LogP contribution in [-0.2, 0) is 6.54 Å². The molecule has 144 valence electrons. The molecule has 0 spiro atoms. The van der Waals surface area contributed by atoms with Gasteiger partial charge in [-0.1, -0.05) is 62.4 Å².